The largest absolute Gasteiger partial charge is 0.325 e. The van der Waals surface area contributed by atoms with Gasteiger partial charge in [0.05, 0.1) is 6.54 Å². The fourth-order valence-corrected chi connectivity index (χ4v) is 2.02. The summed E-state index contributed by atoms with van der Waals surface area (Å²) in [5, 5.41) is 6.12. The summed E-state index contributed by atoms with van der Waals surface area (Å²) in [6, 6.07) is 8.04. The number of carbonyl (C=O) groups is 1. The minimum Gasteiger partial charge on any atom is -0.325 e. The molecule has 1 unspecified atom stereocenters. The molecule has 0 radical (unpaired) electrons. The molecule has 92 valence electrons. The molecule has 0 spiro atoms. The van der Waals surface area contributed by atoms with Crippen LogP contribution in [-0.2, 0) is 4.79 Å². The molecule has 0 aliphatic heterocycles. The van der Waals surface area contributed by atoms with Crippen molar-refractivity contribution in [2.75, 3.05) is 11.9 Å². The van der Waals surface area contributed by atoms with Crippen LogP contribution >= 0.6 is 15.9 Å². The van der Waals surface area contributed by atoms with Crippen LogP contribution in [0.3, 0.4) is 0 Å². The first kappa shape index (κ1) is 12.6. The van der Waals surface area contributed by atoms with Gasteiger partial charge in [0.1, 0.15) is 0 Å². The summed E-state index contributed by atoms with van der Waals surface area (Å²) >= 11 is 3.36. The summed E-state index contributed by atoms with van der Waals surface area (Å²) in [5.41, 5.74) is 0.832. The number of benzene rings is 1. The average molecular weight is 297 g/mol. The van der Waals surface area contributed by atoms with E-state index in [-0.39, 0.29) is 5.91 Å². The first-order valence-corrected chi connectivity index (χ1v) is 6.73. The van der Waals surface area contributed by atoms with Crippen LogP contribution in [-0.4, -0.2) is 18.5 Å². The highest BCUT2D eigenvalue weighted by atomic mass is 79.9. The van der Waals surface area contributed by atoms with Crippen molar-refractivity contribution in [1.29, 1.82) is 0 Å². The molecule has 0 bridgehead atoms. The predicted molar refractivity (Wildman–Crippen MR) is 73.0 cm³/mol. The van der Waals surface area contributed by atoms with E-state index in [0.717, 1.165) is 16.1 Å². The van der Waals surface area contributed by atoms with Gasteiger partial charge < -0.3 is 10.6 Å². The molecule has 3 nitrogen and oxygen atoms in total. The average Bonchev–Trinajstić information content (AvgIpc) is 3.13. The number of rotatable bonds is 5. The van der Waals surface area contributed by atoms with Gasteiger partial charge in [0, 0.05) is 16.2 Å². The highest BCUT2D eigenvalue weighted by Gasteiger charge is 2.27. The first-order valence-electron chi connectivity index (χ1n) is 5.94. The molecule has 2 rings (SSSR count). The number of hydrogen-bond donors (Lipinski definition) is 2. The minimum absolute atomic E-state index is 0.0137. The van der Waals surface area contributed by atoms with E-state index in [1.165, 1.54) is 12.8 Å². The van der Waals surface area contributed by atoms with Crippen LogP contribution in [0.4, 0.5) is 5.69 Å². The molecule has 2 N–H and O–H groups in total. The second kappa shape index (κ2) is 5.65. The molecule has 1 aromatic rings. The van der Waals surface area contributed by atoms with Crippen LogP contribution in [0.2, 0.25) is 0 Å². The summed E-state index contributed by atoms with van der Waals surface area (Å²) in [6.07, 6.45) is 2.59. The van der Waals surface area contributed by atoms with Gasteiger partial charge in [0.15, 0.2) is 0 Å². The lowest BCUT2D eigenvalue weighted by Gasteiger charge is -2.12. The predicted octanol–water partition coefficient (Wildman–Crippen LogP) is 2.78. The number of halogens is 1. The van der Waals surface area contributed by atoms with Crippen molar-refractivity contribution in [2.45, 2.75) is 25.8 Å². The van der Waals surface area contributed by atoms with Gasteiger partial charge in [-0.25, -0.2) is 0 Å². The smallest absolute Gasteiger partial charge is 0.238 e. The van der Waals surface area contributed by atoms with Crippen molar-refractivity contribution in [3.8, 4) is 0 Å². The third kappa shape index (κ3) is 4.13. The number of nitrogens with one attached hydrogen (secondary N) is 2. The molecule has 1 aliphatic carbocycles. The molecule has 4 heteroatoms. The van der Waals surface area contributed by atoms with Crippen molar-refractivity contribution < 1.29 is 4.79 Å². The quantitative estimate of drug-likeness (QED) is 0.877. The van der Waals surface area contributed by atoms with Gasteiger partial charge in [0.25, 0.3) is 0 Å². The lowest BCUT2D eigenvalue weighted by atomic mass is 10.2. The number of anilines is 1. The van der Waals surface area contributed by atoms with E-state index in [9.17, 15) is 4.79 Å². The van der Waals surface area contributed by atoms with Crippen molar-refractivity contribution in [2.24, 2.45) is 5.92 Å². The van der Waals surface area contributed by atoms with E-state index in [1.54, 1.807) is 0 Å². The summed E-state index contributed by atoms with van der Waals surface area (Å²) in [4.78, 5) is 11.7. The van der Waals surface area contributed by atoms with Crippen molar-refractivity contribution in [3.63, 3.8) is 0 Å². The Morgan fingerprint density at radius 3 is 2.65 bits per heavy atom. The minimum atomic E-state index is 0.0137. The topological polar surface area (TPSA) is 41.1 Å². The number of carbonyl (C=O) groups excluding carboxylic acids is 1. The lowest BCUT2D eigenvalue weighted by Crippen LogP contribution is -2.35. The zero-order valence-corrected chi connectivity index (χ0v) is 11.5. The molecule has 1 saturated carbocycles. The Balaban J connectivity index is 1.74. The van der Waals surface area contributed by atoms with Crippen LogP contribution < -0.4 is 10.6 Å². The van der Waals surface area contributed by atoms with Gasteiger partial charge >= 0.3 is 0 Å². The highest BCUT2D eigenvalue weighted by Crippen LogP contribution is 2.32. The van der Waals surface area contributed by atoms with Crippen LogP contribution in [0.15, 0.2) is 28.7 Å². The van der Waals surface area contributed by atoms with Crippen molar-refractivity contribution >= 4 is 27.5 Å². The van der Waals surface area contributed by atoms with Gasteiger partial charge in [-0.2, -0.15) is 0 Å². The molecular weight excluding hydrogens is 280 g/mol. The Morgan fingerprint density at radius 2 is 2.06 bits per heavy atom. The molecule has 1 aromatic carbocycles. The fraction of sp³-hybridized carbons (Fsp3) is 0.462. The normalized spacial score (nSPS) is 16.6. The van der Waals surface area contributed by atoms with Gasteiger partial charge in [-0.05, 0) is 49.9 Å². The Hall–Kier alpha value is -0.870. The third-order valence-electron chi connectivity index (χ3n) is 3.04. The molecule has 0 saturated heterocycles. The second-order valence-electron chi connectivity index (χ2n) is 4.56. The van der Waals surface area contributed by atoms with Crippen molar-refractivity contribution in [3.05, 3.63) is 28.7 Å². The Bertz CT molecular complexity index is 387. The lowest BCUT2D eigenvalue weighted by molar-refractivity contribution is -0.115. The van der Waals surface area contributed by atoms with Crippen LogP contribution in [0.25, 0.3) is 0 Å². The third-order valence-corrected chi connectivity index (χ3v) is 3.57. The van der Waals surface area contributed by atoms with E-state index in [2.05, 4.69) is 33.5 Å². The van der Waals surface area contributed by atoms with Gasteiger partial charge in [0.2, 0.25) is 5.91 Å². The maximum Gasteiger partial charge on any atom is 0.238 e. The zero-order chi connectivity index (χ0) is 12.3. The molecule has 0 aromatic heterocycles. The van der Waals surface area contributed by atoms with E-state index in [0.29, 0.717) is 12.6 Å². The second-order valence-corrected chi connectivity index (χ2v) is 5.48. The SMILES string of the molecule is CC(NCC(=O)Nc1ccc(Br)cc1)C1CC1. The molecule has 1 atom stereocenters. The monoisotopic (exact) mass is 296 g/mol. The summed E-state index contributed by atoms with van der Waals surface area (Å²) in [6.45, 7) is 2.53. The van der Waals surface area contributed by atoms with Crippen molar-refractivity contribution in [1.82, 2.24) is 5.32 Å². The maximum atomic E-state index is 11.7. The number of amides is 1. The first-order chi connectivity index (χ1) is 8.15. The summed E-state index contributed by atoms with van der Waals surface area (Å²) in [7, 11) is 0. The van der Waals surface area contributed by atoms with Gasteiger partial charge in [-0.1, -0.05) is 15.9 Å². The summed E-state index contributed by atoms with van der Waals surface area (Å²) in [5.74, 6) is 0.787. The van der Waals surface area contributed by atoms with E-state index in [4.69, 9.17) is 0 Å². The molecular formula is C13H17BrN2O. The molecule has 1 amide bonds. The molecule has 17 heavy (non-hydrogen) atoms. The Labute approximate surface area is 110 Å². The summed E-state index contributed by atoms with van der Waals surface area (Å²) < 4.78 is 1.01. The van der Waals surface area contributed by atoms with E-state index in [1.807, 2.05) is 24.3 Å². The Morgan fingerprint density at radius 1 is 1.41 bits per heavy atom. The van der Waals surface area contributed by atoms with Crippen LogP contribution in [0.1, 0.15) is 19.8 Å². The standard InChI is InChI=1S/C13H17BrN2O/c1-9(10-2-3-10)15-8-13(17)16-12-6-4-11(14)5-7-12/h4-7,9-10,15H,2-3,8H2,1H3,(H,16,17). The molecule has 1 fully saturated rings. The van der Waals surface area contributed by atoms with Gasteiger partial charge in [-0.15, -0.1) is 0 Å². The van der Waals surface area contributed by atoms with Gasteiger partial charge in [-0.3, -0.25) is 4.79 Å². The molecule has 1 aliphatic rings. The fourth-order valence-electron chi connectivity index (χ4n) is 1.75. The molecule has 0 heterocycles. The zero-order valence-electron chi connectivity index (χ0n) is 9.87. The number of hydrogen-bond acceptors (Lipinski definition) is 2. The highest BCUT2D eigenvalue weighted by molar-refractivity contribution is 9.10. The van der Waals surface area contributed by atoms with E-state index < -0.39 is 0 Å². The van der Waals surface area contributed by atoms with Crippen LogP contribution in [0.5, 0.6) is 0 Å². The van der Waals surface area contributed by atoms with Crippen LogP contribution in [0, 0.1) is 5.92 Å². The Kier molecular flexibility index (Phi) is 4.18. The maximum absolute atomic E-state index is 11.7. The van der Waals surface area contributed by atoms with E-state index >= 15 is 0 Å².